The average molecular weight is 376 g/mol. The molecular formula is C19H22ClN3O3. The summed E-state index contributed by atoms with van der Waals surface area (Å²) in [5.41, 5.74) is 3.20. The number of hydrogen-bond acceptors (Lipinski definition) is 3. The van der Waals surface area contributed by atoms with Crippen LogP contribution in [0.1, 0.15) is 30.5 Å². The van der Waals surface area contributed by atoms with Crippen molar-refractivity contribution in [2.45, 2.75) is 38.3 Å². The maximum Gasteiger partial charge on any atom is 0.410 e. The molecular weight excluding hydrogens is 354 g/mol. The molecule has 1 unspecified atom stereocenters. The molecule has 0 spiro atoms. The first-order valence-electron chi connectivity index (χ1n) is 9.01. The number of benzene rings is 1. The van der Waals surface area contributed by atoms with Crippen LogP contribution in [0.25, 0.3) is 10.9 Å². The SMILES string of the molecule is COC(=O)N1CCCCC1C(=O)N1CCc2[nH]c3c(Cl)cccc3c2C1. The maximum atomic E-state index is 13.2. The van der Waals surface area contributed by atoms with E-state index in [-0.39, 0.29) is 5.91 Å². The van der Waals surface area contributed by atoms with Crippen molar-refractivity contribution in [3.05, 3.63) is 34.5 Å². The number of carbonyl (C=O) groups is 2. The highest BCUT2D eigenvalue weighted by atomic mass is 35.5. The van der Waals surface area contributed by atoms with Gasteiger partial charge in [0.1, 0.15) is 6.04 Å². The van der Waals surface area contributed by atoms with Gasteiger partial charge in [-0.2, -0.15) is 0 Å². The molecule has 26 heavy (non-hydrogen) atoms. The lowest BCUT2D eigenvalue weighted by Gasteiger charge is -2.38. The Bertz CT molecular complexity index is 863. The van der Waals surface area contributed by atoms with Gasteiger partial charge in [-0.05, 0) is 25.3 Å². The lowest BCUT2D eigenvalue weighted by atomic mass is 9.99. The van der Waals surface area contributed by atoms with Gasteiger partial charge in [-0.1, -0.05) is 23.7 Å². The minimum absolute atomic E-state index is 0.0112. The van der Waals surface area contributed by atoms with Crippen molar-refractivity contribution in [2.24, 2.45) is 0 Å². The number of ether oxygens (including phenoxy) is 1. The Morgan fingerprint density at radius 3 is 2.92 bits per heavy atom. The second kappa shape index (κ2) is 6.83. The highest BCUT2D eigenvalue weighted by Gasteiger charge is 2.36. The summed E-state index contributed by atoms with van der Waals surface area (Å²) in [4.78, 5) is 32.1. The molecule has 2 aliphatic heterocycles. The lowest BCUT2D eigenvalue weighted by Crippen LogP contribution is -2.53. The standard InChI is InChI=1S/C19H22ClN3O3/c1-26-19(25)23-9-3-2-7-16(23)18(24)22-10-8-15-13(11-22)12-5-4-6-14(20)17(12)21-15/h4-6,16,21H,2-3,7-11H2,1H3. The number of nitrogens with zero attached hydrogens (tertiary/aromatic N) is 2. The van der Waals surface area contributed by atoms with Crippen molar-refractivity contribution in [1.82, 2.24) is 14.8 Å². The number of amides is 2. The fraction of sp³-hybridized carbons (Fsp3) is 0.474. The molecule has 0 radical (unpaired) electrons. The molecule has 1 aromatic heterocycles. The molecule has 1 saturated heterocycles. The van der Waals surface area contributed by atoms with Crippen LogP contribution in [0.2, 0.25) is 5.02 Å². The molecule has 138 valence electrons. The largest absolute Gasteiger partial charge is 0.453 e. The predicted octanol–water partition coefficient (Wildman–Crippen LogP) is 3.33. The first kappa shape index (κ1) is 17.2. The van der Waals surface area contributed by atoms with Crippen molar-refractivity contribution in [2.75, 3.05) is 20.2 Å². The fourth-order valence-corrected chi connectivity index (χ4v) is 4.35. The van der Waals surface area contributed by atoms with E-state index in [1.807, 2.05) is 23.1 Å². The zero-order valence-electron chi connectivity index (χ0n) is 14.8. The number of fused-ring (bicyclic) bond motifs is 3. The summed E-state index contributed by atoms with van der Waals surface area (Å²) >= 11 is 6.30. The van der Waals surface area contributed by atoms with Gasteiger partial charge in [-0.25, -0.2) is 4.79 Å². The summed E-state index contributed by atoms with van der Waals surface area (Å²) in [6.07, 6.45) is 2.89. The van der Waals surface area contributed by atoms with Crippen LogP contribution in [-0.4, -0.2) is 53.0 Å². The zero-order valence-corrected chi connectivity index (χ0v) is 15.5. The van der Waals surface area contributed by atoms with Crippen molar-refractivity contribution in [1.29, 1.82) is 0 Å². The number of nitrogens with one attached hydrogen (secondary N) is 1. The predicted molar refractivity (Wildman–Crippen MR) is 99.2 cm³/mol. The number of aromatic amines is 1. The van der Waals surface area contributed by atoms with Crippen molar-refractivity contribution < 1.29 is 14.3 Å². The second-order valence-corrected chi connectivity index (χ2v) is 7.34. The summed E-state index contributed by atoms with van der Waals surface area (Å²) in [7, 11) is 1.36. The number of hydrogen-bond donors (Lipinski definition) is 1. The lowest BCUT2D eigenvalue weighted by molar-refractivity contribution is -0.138. The number of aromatic nitrogens is 1. The Kier molecular flexibility index (Phi) is 4.53. The monoisotopic (exact) mass is 375 g/mol. The minimum Gasteiger partial charge on any atom is -0.453 e. The quantitative estimate of drug-likeness (QED) is 0.831. The smallest absolute Gasteiger partial charge is 0.410 e. The first-order valence-corrected chi connectivity index (χ1v) is 9.39. The Morgan fingerprint density at radius 1 is 1.27 bits per heavy atom. The Labute approximate surface area is 157 Å². The van der Waals surface area contributed by atoms with Gasteiger partial charge >= 0.3 is 6.09 Å². The summed E-state index contributed by atoms with van der Waals surface area (Å²) in [6.45, 7) is 1.76. The number of para-hydroxylation sites is 1. The van der Waals surface area contributed by atoms with E-state index in [2.05, 4.69) is 4.98 Å². The van der Waals surface area contributed by atoms with Crippen molar-refractivity contribution >= 4 is 34.5 Å². The average Bonchev–Trinajstić information content (AvgIpc) is 3.06. The van der Waals surface area contributed by atoms with Crippen LogP contribution >= 0.6 is 11.6 Å². The van der Waals surface area contributed by atoms with Crippen LogP contribution in [0.5, 0.6) is 0 Å². The molecule has 1 fully saturated rings. The number of carbonyl (C=O) groups excluding carboxylic acids is 2. The van der Waals surface area contributed by atoms with Crippen LogP contribution in [0, 0.1) is 0 Å². The number of H-pyrrole nitrogens is 1. The third-order valence-electron chi connectivity index (χ3n) is 5.47. The molecule has 1 aromatic carbocycles. The van der Waals surface area contributed by atoms with Gasteiger partial charge in [0.15, 0.2) is 0 Å². The molecule has 6 nitrogen and oxygen atoms in total. The third-order valence-corrected chi connectivity index (χ3v) is 5.78. The van der Waals surface area contributed by atoms with Gasteiger partial charge in [0.2, 0.25) is 5.91 Å². The summed E-state index contributed by atoms with van der Waals surface area (Å²) in [6, 6.07) is 5.41. The zero-order chi connectivity index (χ0) is 18.3. The third kappa shape index (κ3) is 2.82. The molecule has 7 heteroatoms. The Hall–Kier alpha value is -2.21. The van der Waals surface area contributed by atoms with E-state index in [1.165, 1.54) is 7.11 Å². The first-order chi connectivity index (χ1) is 12.6. The molecule has 0 bridgehead atoms. The molecule has 1 atom stereocenters. The van der Waals surface area contributed by atoms with E-state index in [0.29, 0.717) is 31.1 Å². The topological polar surface area (TPSA) is 65.6 Å². The van der Waals surface area contributed by atoms with E-state index in [4.69, 9.17) is 16.3 Å². The van der Waals surface area contributed by atoms with Gasteiger partial charge in [-0.15, -0.1) is 0 Å². The van der Waals surface area contributed by atoms with Gasteiger partial charge < -0.3 is 14.6 Å². The van der Waals surface area contributed by atoms with Crippen LogP contribution in [0.3, 0.4) is 0 Å². The fourth-order valence-electron chi connectivity index (χ4n) is 4.13. The summed E-state index contributed by atoms with van der Waals surface area (Å²) in [5.74, 6) is 0.0112. The molecule has 1 N–H and O–H groups in total. The van der Waals surface area contributed by atoms with Gasteiger partial charge in [0, 0.05) is 42.7 Å². The van der Waals surface area contributed by atoms with Crippen molar-refractivity contribution in [3.63, 3.8) is 0 Å². The van der Waals surface area contributed by atoms with Crippen LogP contribution < -0.4 is 0 Å². The number of rotatable bonds is 1. The van der Waals surface area contributed by atoms with E-state index < -0.39 is 12.1 Å². The maximum absolute atomic E-state index is 13.2. The van der Waals surface area contributed by atoms with Crippen LogP contribution in [0.15, 0.2) is 18.2 Å². The molecule has 0 saturated carbocycles. The van der Waals surface area contributed by atoms with Crippen LogP contribution in [-0.2, 0) is 22.5 Å². The Morgan fingerprint density at radius 2 is 2.12 bits per heavy atom. The second-order valence-electron chi connectivity index (χ2n) is 6.93. The highest BCUT2D eigenvalue weighted by Crippen LogP contribution is 2.32. The van der Waals surface area contributed by atoms with Gasteiger partial charge in [-0.3, -0.25) is 9.69 Å². The molecule has 2 aliphatic rings. The minimum atomic E-state index is -0.424. The van der Waals surface area contributed by atoms with Crippen LogP contribution in [0.4, 0.5) is 4.79 Å². The number of piperidine rings is 1. The molecule has 0 aliphatic carbocycles. The number of methoxy groups -OCH3 is 1. The molecule has 4 rings (SSSR count). The molecule has 2 aromatic rings. The van der Waals surface area contributed by atoms with E-state index in [0.717, 1.165) is 41.4 Å². The van der Waals surface area contributed by atoms with Gasteiger partial charge in [0.25, 0.3) is 0 Å². The van der Waals surface area contributed by atoms with E-state index in [9.17, 15) is 9.59 Å². The van der Waals surface area contributed by atoms with E-state index >= 15 is 0 Å². The normalized spacial score (nSPS) is 20.2. The van der Waals surface area contributed by atoms with Crippen molar-refractivity contribution in [3.8, 4) is 0 Å². The van der Waals surface area contributed by atoms with Gasteiger partial charge in [0.05, 0.1) is 17.6 Å². The number of likely N-dealkylation sites (tertiary alicyclic amines) is 1. The molecule has 2 amide bonds. The van der Waals surface area contributed by atoms with E-state index in [1.54, 1.807) is 4.90 Å². The summed E-state index contributed by atoms with van der Waals surface area (Å²) in [5, 5.41) is 1.76. The number of halogens is 1. The molecule has 3 heterocycles. The Balaban J connectivity index is 1.60. The highest BCUT2D eigenvalue weighted by molar-refractivity contribution is 6.35. The summed E-state index contributed by atoms with van der Waals surface area (Å²) < 4.78 is 4.87.